The Morgan fingerprint density at radius 2 is 2.04 bits per heavy atom. The fourth-order valence-corrected chi connectivity index (χ4v) is 4.29. The van der Waals surface area contributed by atoms with E-state index in [9.17, 15) is 14.4 Å². The first-order valence-electron chi connectivity index (χ1n) is 8.83. The Morgan fingerprint density at radius 1 is 1.40 bits per heavy atom. The third-order valence-electron chi connectivity index (χ3n) is 5.03. The van der Waals surface area contributed by atoms with Gasteiger partial charge in [0.05, 0.1) is 12.0 Å². The molecular formula is C18H29NO5Si. The first-order chi connectivity index (χ1) is 11.6. The van der Waals surface area contributed by atoms with E-state index in [-0.39, 0.29) is 48.0 Å². The van der Waals surface area contributed by atoms with E-state index in [1.165, 1.54) is 11.0 Å². The van der Waals surface area contributed by atoms with Gasteiger partial charge in [0.2, 0.25) is 5.91 Å². The van der Waals surface area contributed by atoms with Crippen LogP contribution in [0.2, 0.25) is 13.1 Å². The average molecular weight is 368 g/mol. The van der Waals surface area contributed by atoms with Crippen LogP contribution in [0.4, 0.5) is 0 Å². The van der Waals surface area contributed by atoms with Gasteiger partial charge in [-0.1, -0.05) is 33.4 Å². The molecular weight excluding hydrogens is 338 g/mol. The Hall–Kier alpha value is -1.47. The van der Waals surface area contributed by atoms with Crippen LogP contribution >= 0.6 is 0 Å². The summed E-state index contributed by atoms with van der Waals surface area (Å²) in [7, 11) is -1.21. The second kappa shape index (κ2) is 7.41. The van der Waals surface area contributed by atoms with E-state index in [1.54, 1.807) is 0 Å². The molecule has 140 valence electrons. The molecule has 0 aliphatic carbocycles. The van der Waals surface area contributed by atoms with Gasteiger partial charge in [0, 0.05) is 13.0 Å². The lowest BCUT2D eigenvalue weighted by Gasteiger charge is -2.50. The number of carbonyl (C=O) groups is 3. The zero-order valence-corrected chi connectivity index (χ0v) is 16.9. The lowest BCUT2D eigenvalue weighted by atomic mass is 9.67. The van der Waals surface area contributed by atoms with Gasteiger partial charge in [0.15, 0.2) is 20.9 Å². The summed E-state index contributed by atoms with van der Waals surface area (Å²) in [4.78, 5) is 38.7. The fraction of sp³-hybridized carbons (Fsp3) is 0.722. The molecule has 0 unspecified atom stereocenters. The van der Waals surface area contributed by atoms with Gasteiger partial charge in [-0.05, 0) is 24.4 Å². The number of fused-ring (bicyclic) bond motifs is 1. The van der Waals surface area contributed by atoms with Crippen molar-refractivity contribution in [2.24, 2.45) is 17.3 Å². The molecule has 0 aromatic rings. The summed E-state index contributed by atoms with van der Waals surface area (Å²) in [5, 5.41) is 0. The monoisotopic (exact) mass is 367 g/mol. The van der Waals surface area contributed by atoms with E-state index in [4.69, 9.17) is 9.16 Å². The predicted octanol–water partition coefficient (Wildman–Crippen LogP) is 1.55. The van der Waals surface area contributed by atoms with E-state index in [0.29, 0.717) is 6.61 Å². The third-order valence-corrected chi connectivity index (χ3v) is 5.89. The van der Waals surface area contributed by atoms with E-state index < -0.39 is 21.1 Å². The minimum absolute atomic E-state index is 0.0203. The van der Waals surface area contributed by atoms with Crippen molar-refractivity contribution in [3.63, 3.8) is 0 Å². The largest absolute Gasteiger partial charge is 0.460 e. The van der Waals surface area contributed by atoms with Crippen LogP contribution in [0.3, 0.4) is 0 Å². The van der Waals surface area contributed by atoms with Crippen LogP contribution in [0.5, 0.6) is 0 Å². The highest BCUT2D eigenvalue weighted by Crippen LogP contribution is 2.47. The maximum atomic E-state index is 12.8. The van der Waals surface area contributed by atoms with Gasteiger partial charge in [0.25, 0.3) is 0 Å². The quantitative estimate of drug-likeness (QED) is 0.224. The number of nitrogens with zero attached hydrogens (tertiary/aromatic N) is 1. The van der Waals surface area contributed by atoms with Crippen molar-refractivity contribution in [2.45, 2.75) is 52.4 Å². The van der Waals surface area contributed by atoms with Crippen LogP contribution in [-0.4, -0.2) is 56.9 Å². The van der Waals surface area contributed by atoms with Crippen LogP contribution in [0.1, 0.15) is 27.2 Å². The zero-order chi connectivity index (χ0) is 18.9. The number of rotatable bonds is 7. The second-order valence-electron chi connectivity index (χ2n) is 8.18. The molecule has 0 bridgehead atoms. The summed E-state index contributed by atoms with van der Waals surface area (Å²) in [6.45, 7) is 14.5. The van der Waals surface area contributed by atoms with E-state index >= 15 is 0 Å². The molecule has 2 rings (SSSR count). The van der Waals surface area contributed by atoms with Crippen molar-refractivity contribution >= 4 is 26.7 Å². The highest BCUT2D eigenvalue weighted by atomic mass is 28.3. The highest BCUT2D eigenvalue weighted by molar-refractivity contribution is 6.48. The van der Waals surface area contributed by atoms with Crippen molar-refractivity contribution in [3.8, 4) is 0 Å². The van der Waals surface area contributed by atoms with Crippen molar-refractivity contribution < 1.29 is 23.5 Å². The van der Waals surface area contributed by atoms with E-state index in [0.717, 1.165) is 0 Å². The van der Waals surface area contributed by atoms with Crippen molar-refractivity contribution in [1.82, 2.24) is 4.90 Å². The minimum Gasteiger partial charge on any atom is -0.460 e. The van der Waals surface area contributed by atoms with Gasteiger partial charge in [-0.15, -0.1) is 0 Å². The smallest absolute Gasteiger partial charge is 0.337 e. The third kappa shape index (κ3) is 3.87. The molecule has 0 saturated carbocycles. The number of hydrogen-bond acceptors (Lipinski definition) is 5. The highest BCUT2D eigenvalue weighted by Gasteiger charge is 2.63. The Kier molecular flexibility index (Phi) is 5.88. The van der Waals surface area contributed by atoms with E-state index in [2.05, 4.69) is 40.4 Å². The second-order valence-corrected chi connectivity index (χ2v) is 10.6. The topological polar surface area (TPSA) is 72.9 Å². The van der Waals surface area contributed by atoms with Crippen molar-refractivity contribution in [1.29, 1.82) is 0 Å². The first-order valence-corrected chi connectivity index (χ1v) is 11.6. The number of carbonyl (C=O) groups excluding carboxylic acids is 3. The number of ether oxygens (including phenoxy) is 1. The van der Waals surface area contributed by atoms with Gasteiger partial charge in [-0.25, -0.2) is 4.79 Å². The summed E-state index contributed by atoms with van der Waals surface area (Å²) in [6.07, 6.45) is 1.66. The number of β-lactam (4-membered cyclic amide) rings is 1. The molecule has 2 saturated heterocycles. The molecule has 0 spiro atoms. The number of esters is 1. The SMILES string of the molecule is C=CCOC(=O)[C@@H]1C(=O)C[C@@H]2[C@H]([C@@H](CO[SiH](C)C)C(C)(C)C)C(=O)N12. The Morgan fingerprint density at radius 3 is 2.56 bits per heavy atom. The summed E-state index contributed by atoms with van der Waals surface area (Å²) in [5.41, 5.74) is -0.125. The number of Topliss-reactive ketones (excluding diaryl/α,β-unsaturated/α-hetero) is 1. The average Bonchev–Trinajstić information content (AvgIpc) is 2.80. The maximum Gasteiger partial charge on any atom is 0.337 e. The van der Waals surface area contributed by atoms with Gasteiger partial charge in [-0.3, -0.25) is 9.59 Å². The summed E-state index contributed by atoms with van der Waals surface area (Å²) in [6, 6.07) is -1.31. The minimum atomic E-state index is -1.21. The van der Waals surface area contributed by atoms with Gasteiger partial charge < -0.3 is 14.1 Å². The number of ketones is 1. The standard InChI is InChI=1S/C18H29NO5Si/c1-7-8-23-17(22)15-13(20)9-12-14(16(21)19(12)15)11(18(2,3)4)10-24-25(5)6/h7,11-12,14-15,25H,1,8-10H2,2-6H3/t11-,12-,14+,15+/m1/s1. The molecule has 2 aliphatic rings. The molecule has 4 atom stereocenters. The van der Waals surface area contributed by atoms with Crippen LogP contribution in [0.25, 0.3) is 0 Å². The van der Waals surface area contributed by atoms with Crippen LogP contribution < -0.4 is 0 Å². The lowest BCUT2D eigenvalue weighted by molar-refractivity contribution is -0.173. The molecule has 1 amide bonds. The molecule has 2 heterocycles. The predicted molar refractivity (Wildman–Crippen MR) is 96.5 cm³/mol. The lowest BCUT2D eigenvalue weighted by Crippen LogP contribution is -2.66. The summed E-state index contributed by atoms with van der Waals surface area (Å²) in [5.74, 6) is -1.27. The molecule has 25 heavy (non-hydrogen) atoms. The van der Waals surface area contributed by atoms with Gasteiger partial charge in [0.1, 0.15) is 6.61 Å². The molecule has 2 fully saturated rings. The fourth-order valence-electron chi connectivity index (χ4n) is 3.70. The molecule has 6 nitrogen and oxygen atoms in total. The van der Waals surface area contributed by atoms with Crippen LogP contribution in [0.15, 0.2) is 12.7 Å². The summed E-state index contributed by atoms with van der Waals surface area (Å²) < 4.78 is 10.9. The Balaban J connectivity index is 2.16. The Labute approximate surface area is 151 Å². The number of hydrogen-bond donors (Lipinski definition) is 0. The number of amides is 1. The van der Waals surface area contributed by atoms with E-state index in [1.807, 2.05) is 0 Å². The maximum absolute atomic E-state index is 12.8. The summed E-state index contributed by atoms with van der Waals surface area (Å²) >= 11 is 0. The van der Waals surface area contributed by atoms with Crippen LogP contribution in [-0.2, 0) is 23.5 Å². The van der Waals surface area contributed by atoms with Crippen molar-refractivity contribution in [2.75, 3.05) is 13.2 Å². The van der Waals surface area contributed by atoms with Crippen molar-refractivity contribution in [3.05, 3.63) is 12.7 Å². The Bertz CT molecular complexity index is 568. The van der Waals surface area contributed by atoms with Gasteiger partial charge >= 0.3 is 5.97 Å². The molecule has 0 aromatic carbocycles. The first kappa shape index (κ1) is 19.8. The molecule has 0 N–H and O–H groups in total. The molecule has 0 radical (unpaired) electrons. The molecule has 2 aliphatic heterocycles. The normalized spacial score (nSPS) is 27.1. The van der Waals surface area contributed by atoms with Gasteiger partial charge in [-0.2, -0.15) is 0 Å². The molecule has 7 heteroatoms. The zero-order valence-electron chi connectivity index (χ0n) is 15.8. The molecule has 0 aromatic heterocycles. The van der Waals surface area contributed by atoms with Crippen LogP contribution in [0, 0.1) is 17.3 Å².